The van der Waals surface area contributed by atoms with Gasteiger partial charge in [0.15, 0.2) is 5.82 Å². The monoisotopic (exact) mass is 295 g/mol. The van der Waals surface area contributed by atoms with E-state index >= 15 is 0 Å². The van der Waals surface area contributed by atoms with Gasteiger partial charge in [-0.15, -0.1) is 0 Å². The highest BCUT2D eigenvalue weighted by molar-refractivity contribution is 5.79. The molecule has 1 unspecified atom stereocenters. The van der Waals surface area contributed by atoms with E-state index in [1.807, 2.05) is 12.2 Å². The molecule has 6 nitrogen and oxygen atoms in total. The minimum absolute atomic E-state index is 0.0761. The van der Waals surface area contributed by atoms with E-state index in [9.17, 15) is 18.0 Å². The molecular weight excluding hydrogens is 279 g/mol. The highest BCUT2D eigenvalue weighted by Crippen LogP contribution is 2.30. The first-order valence-electron chi connectivity index (χ1n) is 6.07. The average molecular weight is 295 g/mol. The van der Waals surface area contributed by atoms with Crippen molar-refractivity contribution in [1.82, 2.24) is 15.5 Å². The Balaban J connectivity index is 2.69. The van der Waals surface area contributed by atoms with Crippen LogP contribution in [0.4, 0.5) is 13.2 Å². The molecule has 0 aliphatic rings. The molecule has 1 heterocycles. The smallest absolute Gasteiger partial charge is 0.417 e. The molecule has 1 aromatic rings. The summed E-state index contributed by atoms with van der Waals surface area (Å²) in [7, 11) is 0. The summed E-state index contributed by atoms with van der Waals surface area (Å²) < 4.78 is 42.9. The first-order chi connectivity index (χ1) is 9.20. The number of carbonyl (C=O) groups is 1. The van der Waals surface area contributed by atoms with Crippen LogP contribution >= 0.6 is 0 Å². The molecule has 1 atom stereocenters. The lowest BCUT2D eigenvalue weighted by molar-refractivity contribution is -0.206. The number of rotatable bonds is 7. The molecule has 0 fully saturated rings. The van der Waals surface area contributed by atoms with Gasteiger partial charge in [-0.1, -0.05) is 18.5 Å². The highest BCUT2D eigenvalue weighted by Gasteiger charge is 2.57. The molecule has 0 spiro atoms. The largest absolute Gasteiger partial charge is 0.480 e. The number of hydrogen-bond acceptors (Lipinski definition) is 5. The van der Waals surface area contributed by atoms with Crippen molar-refractivity contribution in [2.24, 2.45) is 0 Å². The molecule has 0 radical (unpaired) electrons. The maximum atomic E-state index is 12.7. The van der Waals surface area contributed by atoms with Crippen molar-refractivity contribution in [3.05, 3.63) is 11.7 Å². The van der Waals surface area contributed by atoms with Gasteiger partial charge in [0.25, 0.3) is 0 Å². The average Bonchev–Trinajstić information content (AvgIpc) is 2.79. The lowest BCUT2D eigenvalue weighted by Gasteiger charge is -2.27. The van der Waals surface area contributed by atoms with E-state index in [-0.39, 0.29) is 5.89 Å². The van der Waals surface area contributed by atoms with E-state index in [0.717, 1.165) is 12.8 Å². The van der Waals surface area contributed by atoms with Gasteiger partial charge in [-0.2, -0.15) is 18.2 Å². The van der Waals surface area contributed by atoms with Crippen LogP contribution in [-0.2, 0) is 17.8 Å². The van der Waals surface area contributed by atoms with Crippen molar-refractivity contribution in [3.8, 4) is 0 Å². The molecule has 1 aromatic heterocycles. The topological polar surface area (TPSA) is 88.2 Å². The Morgan fingerprint density at radius 2 is 2.10 bits per heavy atom. The summed E-state index contributed by atoms with van der Waals surface area (Å²) in [5, 5.41) is 14.2. The van der Waals surface area contributed by atoms with Crippen LogP contribution in [0.25, 0.3) is 0 Å². The second kappa shape index (κ2) is 6.21. The number of carboxylic acid groups (broad SMARTS) is 1. The standard InChI is InChI=1S/C11H16F3N3O3/c1-3-4-5-7-16-8(20-17-7)6-15-10(2,9(18)19)11(12,13)14/h15H,3-6H2,1-2H3,(H,18,19). The number of carboxylic acids is 1. The molecule has 0 amide bonds. The molecule has 0 aliphatic heterocycles. The molecule has 9 heteroatoms. The minimum atomic E-state index is -4.94. The summed E-state index contributed by atoms with van der Waals surface area (Å²) >= 11 is 0. The predicted molar refractivity (Wildman–Crippen MR) is 61.8 cm³/mol. The summed E-state index contributed by atoms with van der Waals surface area (Å²) in [6, 6.07) is 0. The Morgan fingerprint density at radius 3 is 2.60 bits per heavy atom. The summed E-state index contributed by atoms with van der Waals surface area (Å²) in [6.45, 7) is 2.05. The number of nitrogens with one attached hydrogen (secondary N) is 1. The van der Waals surface area contributed by atoms with Crippen molar-refractivity contribution in [3.63, 3.8) is 0 Å². The number of aryl methyl sites for hydroxylation is 1. The number of aliphatic carboxylic acids is 1. The van der Waals surface area contributed by atoms with Crippen LogP contribution in [0.1, 0.15) is 38.4 Å². The molecule has 114 valence electrons. The molecule has 20 heavy (non-hydrogen) atoms. The first kappa shape index (κ1) is 16.4. The van der Waals surface area contributed by atoms with Crippen LogP contribution in [0.5, 0.6) is 0 Å². The van der Waals surface area contributed by atoms with Crippen LogP contribution in [0.2, 0.25) is 0 Å². The van der Waals surface area contributed by atoms with Crippen molar-refractivity contribution in [2.45, 2.75) is 51.4 Å². The maximum absolute atomic E-state index is 12.7. The van der Waals surface area contributed by atoms with Crippen LogP contribution in [0.15, 0.2) is 4.52 Å². The molecule has 0 aromatic carbocycles. The fourth-order valence-corrected chi connectivity index (χ4v) is 1.35. The number of nitrogens with zero attached hydrogens (tertiary/aromatic N) is 2. The Labute approximate surface area is 113 Å². The van der Waals surface area contributed by atoms with Gasteiger partial charge in [-0.25, -0.2) is 4.79 Å². The summed E-state index contributed by atoms with van der Waals surface area (Å²) in [5.74, 6) is -1.70. The Hall–Kier alpha value is -1.64. The van der Waals surface area contributed by atoms with E-state index in [1.54, 1.807) is 0 Å². The zero-order valence-corrected chi connectivity index (χ0v) is 11.1. The molecule has 0 saturated carbocycles. The molecule has 0 bridgehead atoms. The minimum Gasteiger partial charge on any atom is -0.480 e. The van der Waals surface area contributed by atoms with E-state index in [1.165, 1.54) is 0 Å². The predicted octanol–water partition coefficient (Wildman–Crippen LogP) is 1.91. The van der Waals surface area contributed by atoms with E-state index in [4.69, 9.17) is 9.63 Å². The second-order valence-electron chi connectivity index (χ2n) is 4.49. The van der Waals surface area contributed by atoms with Crippen LogP contribution < -0.4 is 5.32 Å². The summed E-state index contributed by atoms with van der Waals surface area (Å²) in [4.78, 5) is 14.7. The second-order valence-corrected chi connectivity index (χ2v) is 4.49. The van der Waals surface area contributed by atoms with Crippen molar-refractivity contribution in [1.29, 1.82) is 0 Å². The number of aromatic nitrogens is 2. The number of unbranched alkanes of at least 4 members (excludes halogenated alkanes) is 1. The Kier molecular flexibility index (Phi) is 5.09. The third kappa shape index (κ3) is 3.69. The maximum Gasteiger partial charge on any atom is 0.417 e. The molecule has 2 N–H and O–H groups in total. The van der Waals surface area contributed by atoms with E-state index in [2.05, 4.69) is 10.1 Å². The molecule has 0 saturated heterocycles. The number of alkyl halides is 3. The van der Waals surface area contributed by atoms with Gasteiger partial charge in [-0.3, -0.25) is 5.32 Å². The molecule has 1 rings (SSSR count). The van der Waals surface area contributed by atoms with Crippen molar-refractivity contribution in [2.75, 3.05) is 0 Å². The van der Waals surface area contributed by atoms with Gasteiger partial charge in [0.05, 0.1) is 6.54 Å². The van der Waals surface area contributed by atoms with Crippen LogP contribution in [0.3, 0.4) is 0 Å². The first-order valence-corrected chi connectivity index (χ1v) is 6.07. The van der Waals surface area contributed by atoms with Gasteiger partial charge >= 0.3 is 12.1 Å². The van der Waals surface area contributed by atoms with Gasteiger partial charge < -0.3 is 9.63 Å². The van der Waals surface area contributed by atoms with Gasteiger partial charge in [-0.05, 0) is 13.3 Å². The van der Waals surface area contributed by atoms with Crippen molar-refractivity contribution >= 4 is 5.97 Å². The lowest BCUT2D eigenvalue weighted by Crippen LogP contribution is -2.59. The zero-order valence-electron chi connectivity index (χ0n) is 11.1. The van der Waals surface area contributed by atoms with E-state index < -0.39 is 24.2 Å². The summed E-state index contributed by atoms with van der Waals surface area (Å²) in [6.07, 6.45) is -2.62. The van der Waals surface area contributed by atoms with Gasteiger partial charge in [0.2, 0.25) is 11.4 Å². The SMILES string of the molecule is CCCCc1noc(CNC(C)(C(=O)O)C(F)(F)F)n1. The third-order valence-electron chi connectivity index (χ3n) is 2.85. The van der Waals surface area contributed by atoms with Crippen molar-refractivity contribution < 1.29 is 27.6 Å². The van der Waals surface area contributed by atoms with Gasteiger partial charge in [0, 0.05) is 6.42 Å². The Morgan fingerprint density at radius 1 is 1.45 bits per heavy atom. The zero-order chi connectivity index (χ0) is 15.4. The number of hydrogen-bond donors (Lipinski definition) is 2. The van der Waals surface area contributed by atoms with E-state index in [0.29, 0.717) is 19.2 Å². The quantitative estimate of drug-likeness (QED) is 0.799. The highest BCUT2D eigenvalue weighted by atomic mass is 19.4. The fourth-order valence-electron chi connectivity index (χ4n) is 1.35. The lowest BCUT2D eigenvalue weighted by atomic mass is 10.0. The number of halogens is 3. The van der Waals surface area contributed by atoms with Gasteiger partial charge in [0.1, 0.15) is 0 Å². The molecule has 0 aliphatic carbocycles. The summed E-state index contributed by atoms with van der Waals surface area (Å²) in [5.41, 5.74) is -3.06. The molecular formula is C11H16F3N3O3. The third-order valence-corrected chi connectivity index (χ3v) is 2.85. The Bertz CT molecular complexity index is 461. The normalized spacial score (nSPS) is 15.1. The van der Waals surface area contributed by atoms with Crippen LogP contribution in [0, 0.1) is 0 Å². The fraction of sp³-hybridized carbons (Fsp3) is 0.727. The van der Waals surface area contributed by atoms with Crippen LogP contribution in [-0.4, -0.2) is 32.9 Å².